The Bertz CT molecular complexity index is 619. The van der Waals surface area contributed by atoms with Crippen molar-refractivity contribution in [1.82, 2.24) is 15.3 Å². The number of amides is 1. The van der Waals surface area contributed by atoms with Crippen molar-refractivity contribution in [2.24, 2.45) is 11.1 Å². The van der Waals surface area contributed by atoms with Crippen LogP contribution in [0.15, 0.2) is 30.5 Å². The Balaban J connectivity index is 2.23. The van der Waals surface area contributed by atoms with Gasteiger partial charge in [0.05, 0.1) is 17.2 Å². The zero-order valence-corrected chi connectivity index (χ0v) is 12.1. The number of rotatable bonds is 3. The number of para-hydroxylation sites is 2. The fraction of sp³-hybridized carbons (Fsp3) is 0.400. The lowest BCUT2D eigenvalue weighted by atomic mass is 9.87. The molecule has 0 aliphatic carbocycles. The van der Waals surface area contributed by atoms with Gasteiger partial charge in [-0.1, -0.05) is 32.9 Å². The minimum atomic E-state index is -0.242. The number of nitrogens with zero attached hydrogens (tertiary/aromatic N) is 2. The summed E-state index contributed by atoms with van der Waals surface area (Å²) in [6.07, 6.45) is 1.49. The molecule has 0 aliphatic rings. The number of fused-ring (bicyclic) bond motifs is 1. The molecule has 3 N–H and O–H groups in total. The second-order valence-corrected chi connectivity index (χ2v) is 5.87. The molecule has 0 radical (unpaired) electrons. The molecule has 1 atom stereocenters. The van der Waals surface area contributed by atoms with Gasteiger partial charge in [0.25, 0.3) is 5.91 Å². The van der Waals surface area contributed by atoms with Gasteiger partial charge in [-0.2, -0.15) is 0 Å². The molecule has 0 saturated heterocycles. The molecular weight excluding hydrogens is 252 g/mol. The van der Waals surface area contributed by atoms with Gasteiger partial charge in [0, 0.05) is 12.6 Å². The predicted octanol–water partition coefficient (Wildman–Crippen LogP) is 1.73. The molecular formula is C15H20N4O. The van der Waals surface area contributed by atoms with Crippen LogP contribution >= 0.6 is 0 Å². The van der Waals surface area contributed by atoms with E-state index in [0.29, 0.717) is 17.8 Å². The number of benzene rings is 1. The molecule has 0 aliphatic heterocycles. The number of hydrogen-bond acceptors (Lipinski definition) is 4. The van der Waals surface area contributed by atoms with Crippen molar-refractivity contribution in [3.63, 3.8) is 0 Å². The molecule has 1 aromatic carbocycles. The van der Waals surface area contributed by atoms with Crippen molar-refractivity contribution in [2.45, 2.75) is 26.8 Å². The number of aromatic nitrogens is 2. The fourth-order valence-electron chi connectivity index (χ4n) is 1.93. The lowest BCUT2D eigenvalue weighted by Crippen LogP contribution is -2.48. The highest BCUT2D eigenvalue weighted by atomic mass is 16.2. The summed E-state index contributed by atoms with van der Waals surface area (Å²) in [4.78, 5) is 20.8. The smallest absolute Gasteiger partial charge is 0.271 e. The molecule has 1 aromatic heterocycles. The van der Waals surface area contributed by atoms with E-state index in [2.05, 4.69) is 15.3 Å². The summed E-state index contributed by atoms with van der Waals surface area (Å²) in [5, 5.41) is 2.92. The molecule has 2 aromatic rings. The minimum Gasteiger partial charge on any atom is -0.346 e. The Morgan fingerprint density at radius 2 is 1.95 bits per heavy atom. The van der Waals surface area contributed by atoms with Crippen LogP contribution in [0.4, 0.5) is 0 Å². The molecule has 106 valence electrons. The van der Waals surface area contributed by atoms with Crippen LogP contribution in [0.25, 0.3) is 11.0 Å². The van der Waals surface area contributed by atoms with Crippen LogP contribution in [0.2, 0.25) is 0 Å². The van der Waals surface area contributed by atoms with Crippen LogP contribution < -0.4 is 11.1 Å². The van der Waals surface area contributed by atoms with Gasteiger partial charge >= 0.3 is 0 Å². The maximum absolute atomic E-state index is 12.2. The van der Waals surface area contributed by atoms with Crippen molar-refractivity contribution in [3.8, 4) is 0 Å². The zero-order valence-electron chi connectivity index (χ0n) is 12.1. The summed E-state index contributed by atoms with van der Waals surface area (Å²) in [5.74, 6) is -0.242. The maximum atomic E-state index is 12.2. The van der Waals surface area contributed by atoms with Crippen LogP contribution in [-0.4, -0.2) is 28.5 Å². The quantitative estimate of drug-likeness (QED) is 0.891. The van der Waals surface area contributed by atoms with Gasteiger partial charge in [-0.15, -0.1) is 0 Å². The third-order valence-corrected chi connectivity index (χ3v) is 3.27. The van der Waals surface area contributed by atoms with E-state index in [1.165, 1.54) is 6.20 Å². The molecule has 0 saturated carbocycles. The maximum Gasteiger partial charge on any atom is 0.271 e. The van der Waals surface area contributed by atoms with Crippen LogP contribution in [0.5, 0.6) is 0 Å². The second-order valence-electron chi connectivity index (χ2n) is 5.87. The normalized spacial score (nSPS) is 13.2. The Labute approximate surface area is 118 Å². The molecule has 5 heteroatoms. The Morgan fingerprint density at radius 1 is 1.30 bits per heavy atom. The SMILES string of the molecule is CC(C)(C)C(CN)NC(=O)c1cnc2ccccc2n1. The molecule has 5 nitrogen and oxygen atoms in total. The number of carbonyl (C=O) groups is 1. The van der Waals surface area contributed by atoms with Crippen LogP contribution in [0.3, 0.4) is 0 Å². The summed E-state index contributed by atoms with van der Waals surface area (Å²) in [6, 6.07) is 7.35. The first-order chi connectivity index (χ1) is 9.41. The number of carbonyl (C=O) groups excluding carboxylic acids is 1. The predicted molar refractivity (Wildman–Crippen MR) is 79.3 cm³/mol. The standard InChI is InChI=1S/C15H20N4O/c1-15(2,3)13(8-16)19-14(20)12-9-17-10-6-4-5-7-11(10)18-12/h4-7,9,13H,8,16H2,1-3H3,(H,19,20). The molecule has 1 heterocycles. The Hall–Kier alpha value is -2.01. The van der Waals surface area contributed by atoms with Gasteiger partial charge in [-0.25, -0.2) is 4.98 Å². The number of nitrogens with two attached hydrogens (primary N) is 1. The summed E-state index contributed by atoms with van der Waals surface area (Å²) in [7, 11) is 0. The summed E-state index contributed by atoms with van der Waals surface area (Å²) >= 11 is 0. The molecule has 20 heavy (non-hydrogen) atoms. The Kier molecular flexibility index (Phi) is 3.99. The third-order valence-electron chi connectivity index (χ3n) is 3.27. The van der Waals surface area contributed by atoms with E-state index >= 15 is 0 Å². The van der Waals surface area contributed by atoms with Gasteiger partial charge in [0.15, 0.2) is 0 Å². The first-order valence-electron chi connectivity index (χ1n) is 6.64. The monoisotopic (exact) mass is 272 g/mol. The highest BCUT2D eigenvalue weighted by molar-refractivity contribution is 5.94. The third kappa shape index (κ3) is 3.11. The molecule has 0 fully saturated rings. The second kappa shape index (κ2) is 5.54. The summed E-state index contributed by atoms with van der Waals surface area (Å²) < 4.78 is 0. The first-order valence-corrected chi connectivity index (χ1v) is 6.64. The van der Waals surface area contributed by atoms with E-state index in [-0.39, 0.29) is 17.4 Å². The fourth-order valence-corrected chi connectivity index (χ4v) is 1.93. The number of hydrogen-bond donors (Lipinski definition) is 2. The van der Waals surface area contributed by atoms with Crippen molar-refractivity contribution >= 4 is 16.9 Å². The van der Waals surface area contributed by atoms with E-state index in [1.807, 2.05) is 45.0 Å². The van der Waals surface area contributed by atoms with Crippen molar-refractivity contribution in [2.75, 3.05) is 6.54 Å². The highest BCUT2D eigenvalue weighted by Crippen LogP contribution is 2.18. The van der Waals surface area contributed by atoms with Gasteiger partial charge in [-0.3, -0.25) is 9.78 Å². The zero-order chi connectivity index (χ0) is 14.8. The lowest BCUT2D eigenvalue weighted by Gasteiger charge is -2.30. The summed E-state index contributed by atoms with van der Waals surface area (Å²) in [5.41, 5.74) is 7.42. The van der Waals surface area contributed by atoms with Crippen molar-refractivity contribution < 1.29 is 4.79 Å². The van der Waals surface area contributed by atoms with Gasteiger partial charge in [-0.05, 0) is 17.5 Å². The van der Waals surface area contributed by atoms with Crippen LogP contribution in [0.1, 0.15) is 31.3 Å². The van der Waals surface area contributed by atoms with Gasteiger partial charge in [0.1, 0.15) is 5.69 Å². The lowest BCUT2D eigenvalue weighted by molar-refractivity contribution is 0.0900. The first kappa shape index (κ1) is 14.4. The Morgan fingerprint density at radius 3 is 2.55 bits per heavy atom. The van der Waals surface area contributed by atoms with Crippen molar-refractivity contribution in [1.29, 1.82) is 0 Å². The van der Waals surface area contributed by atoms with Crippen molar-refractivity contribution in [3.05, 3.63) is 36.2 Å². The van der Waals surface area contributed by atoms with E-state index in [4.69, 9.17) is 5.73 Å². The van der Waals surface area contributed by atoms with Gasteiger partial charge < -0.3 is 11.1 Å². The highest BCUT2D eigenvalue weighted by Gasteiger charge is 2.25. The van der Waals surface area contributed by atoms with E-state index < -0.39 is 0 Å². The minimum absolute atomic E-state index is 0.102. The molecule has 1 amide bonds. The molecule has 2 rings (SSSR count). The van der Waals surface area contributed by atoms with E-state index in [9.17, 15) is 4.79 Å². The summed E-state index contributed by atoms with van der Waals surface area (Å²) in [6.45, 7) is 6.50. The van der Waals surface area contributed by atoms with Gasteiger partial charge in [0.2, 0.25) is 0 Å². The largest absolute Gasteiger partial charge is 0.346 e. The molecule has 1 unspecified atom stereocenters. The van der Waals surface area contributed by atoms with Crippen LogP contribution in [0, 0.1) is 5.41 Å². The van der Waals surface area contributed by atoms with E-state index in [0.717, 1.165) is 5.52 Å². The average molecular weight is 272 g/mol. The average Bonchev–Trinajstić information content (AvgIpc) is 2.42. The van der Waals surface area contributed by atoms with Crippen LogP contribution in [-0.2, 0) is 0 Å². The topological polar surface area (TPSA) is 80.9 Å². The van der Waals surface area contributed by atoms with E-state index in [1.54, 1.807) is 0 Å². The number of nitrogens with one attached hydrogen (secondary N) is 1. The molecule has 0 spiro atoms. The molecule has 0 bridgehead atoms.